The van der Waals surface area contributed by atoms with Gasteiger partial charge in [-0.25, -0.2) is 0 Å². The average Bonchev–Trinajstić information content (AvgIpc) is 2.33. The van der Waals surface area contributed by atoms with Crippen LogP contribution in [0.5, 0.6) is 0 Å². The molecular weight excluding hydrogens is 196 g/mol. The summed E-state index contributed by atoms with van der Waals surface area (Å²) in [6.45, 7) is 5.72. The Morgan fingerprint density at radius 3 is 2.56 bits per heavy atom. The molecule has 0 bridgehead atoms. The molecule has 0 amide bonds. The van der Waals surface area contributed by atoms with Crippen LogP contribution < -0.4 is 4.90 Å². The fraction of sp³-hybridized carbons (Fsp3) is 0.357. The van der Waals surface area contributed by atoms with E-state index in [9.17, 15) is 0 Å². The highest BCUT2D eigenvalue weighted by molar-refractivity contribution is 5.48. The van der Waals surface area contributed by atoms with Crippen molar-refractivity contribution < 1.29 is 4.90 Å². The lowest BCUT2D eigenvalue weighted by Crippen LogP contribution is -3.10. The minimum absolute atomic E-state index is 1.06. The second kappa shape index (κ2) is 5.83. The Morgan fingerprint density at radius 2 is 1.88 bits per heavy atom. The molecule has 0 atom stereocenters. The first-order valence-electron chi connectivity index (χ1n) is 5.95. The molecule has 1 heterocycles. The van der Waals surface area contributed by atoms with Crippen LogP contribution in [0.3, 0.4) is 0 Å². The van der Waals surface area contributed by atoms with Crippen molar-refractivity contribution >= 4 is 6.08 Å². The third kappa shape index (κ3) is 3.47. The van der Waals surface area contributed by atoms with E-state index in [0.717, 1.165) is 19.6 Å². The lowest BCUT2D eigenvalue weighted by atomic mass is 10.2. The number of rotatable bonds is 3. The van der Waals surface area contributed by atoms with Crippen LogP contribution in [0.2, 0.25) is 0 Å². The maximum absolute atomic E-state index is 4.03. The third-order valence-electron chi connectivity index (χ3n) is 3.04. The molecule has 0 spiro atoms. The zero-order chi connectivity index (χ0) is 11.2. The normalized spacial score (nSPS) is 19.3. The van der Waals surface area contributed by atoms with Crippen LogP contribution in [0.4, 0.5) is 0 Å². The van der Waals surface area contributed by atoms with E-state index >= 15 is 0 Å². The summed E-state index contributed by atoms with van der Waals surface area (Å²) in [6.07, 6.45) is 4.45. The van der Waals surface area contributed by atoms with E-state index in [4.69, 9.17) is 0 Å². The molecule has 1 aliphatic rings. The van der Waals surface area contributed by atoms with Crippen LogP contribution in [0.1, 0.15) is 5.56 Å². The molecular formula is C14H20N2. The molecule has 0 aromatic heterocycles. The molecule has 86 valence electrons. The molecule has 0 saturated carbocycles. The highest BCUT2D eigenvalue weighted by atomic mass is 15.2. The van der Waals surface area contributed by atoms with Gasteiger partial charge >= 0.3 is 0 Å². The standard InChI is InChI=1S/C14H20N2/c1-15-10-12-16(13-11-15)9-5-8-14-6-3-2-4-7-14/h2-8,15H,1,9-13H2/b8-5+. The number of quaternary nitrogens is 1. The van der Waals surface area contributed by atoms with Gasteiger partial charge in [-0.3, -0.25) is 4.90 Å². The monoisotopic (exact) mass is 216 g/mol. The zero-order valence-electron chi connectivity index (χ0n) is 9.73. The molecule has 0 radical (unpaired) electrons. The highest BCUT2D eigenvalue weighted by Gasteiger charge is 2.11. The summed E-state index contributed by atoms with van der Waals surface area (Å²) in [6, 6.07) is 10.5. The molecule has 0 unspecified atom stereocenters. The maximum Gasteiger partial charge on any atom is 0.0660 e. The van der Waals surface area contributed by atoms with Crippen LogP contribution >= 0.6 is 0 Å². The van der Waals surface area contributed by atoms with Gasteiger partial charge < -0.3 is 4.90 Å². The Labute approximate surface area is 98.2 Å². The molecule has 16 heavy (non-hydrogen) atoms. The van der Waals surface area contributed by atoms with Crippen LogP contribution in [0, 0.1) is 7.05 Å². The first-order valence-corrected chi connectivity index (χ1v) is 5.95. The van der Waals surface area contributed by atoms with E-state index in [2.05, 4.69) is 48.4 Å². The van der Waals surface area contributed by atoms with Gasteiger partial charge in [0.1, 0.15) is 0 Å². The fourth-order valence-electron chi connectivity index (χ4n) is 1.95. The van der Waals surface area contributed by atoms with Gasteiger partial charge in [0.05, 0.1) is 13.1 Å². The van der Waals surface area contributed by atoms with Crippen LogP contribution in [-0.4, -0.2) is 37.6 Å². The van der Waals surface area contributed by atoms with Crippen molar-refractivity contribution in [3.63, 3.8) is 0 Å². The summed E-state index contributed by atoms with van der Waals surface area (Å²) in [5.74, 6) is 0. The topological polar surface area (TPSA) is 7.68 Å². The summed E-state index contributed by atoms with van der Waals surface area (Å²) < 4.78 is 0. The number of hydrogen-bond donors (Lipinski definition) is 1. The Hall–Kier alpha value is -1.12. The smallest absolute Gasteiger partial charge is 0.0660 e. The van der Waals surface area contributed by atoms with Crippen LogP contribution in [0.15, 0.2) is 36.4 Å². The number of benzene rings is 1. The number of nitrogens with one attached hydrogen (secondary N) is 1. The lowest BCUT2D eigenvalue weighted by Gasteiger charge is -2.33. The van der Waals surface area contributed by atoms with Gasteiger partial charge in [0, 0.05) is 19.6 Å². The molecule has 2 nitrogen and oxygen atoms in total. The molecule has 1 saturated heterocycles. The zero-order valence-corrected chi connectivity index (χ0v) is 9.73. The summed E-state index contributed by atoms with van der Waals surface area (Å²) in [5.41, 5.74) is 1.28. The van der Waals surface area contributed by atoms with E-state index < -0.39 is 0 Å². The van der Waals surface area contributed by atoms with Gasteiger partial charge in [0.15, 0.2) is 0 Å². The number of piperazine rings is 1. The van der Waals surface area contributed by atoms with Crippen molar-refractivity contribution in [3.8, 4) is 0 Å². The van der Waals surface area contributed by atoms with E-state index in [-0.39, 0.29) is 0 Å². The minimum atomic E-state index is 1.06. The molecule has 2 heteroatoms. The van der Waals surface area contributed by atoms with Gasteiger partial charge in [0.2, 0.25) is 0 Å². The van der Waals surface area contributed by atoms with Gasteiger partial charge in [-0.1, -0.05) is 42.5 Å². The molecule has 1 aromatic carbocycles. The minimum Gasteiger partial charge on any atom is -0.466 e. The van der Waals surface area contributed by atoms with Crippen molar-refractivity contribution in [1.82, 2.24) is 4.90 Å². The number of nitrogens with zero attached hydrogens (tertiary/aromatic N) is 1. The highest BCUT2D eigenvalue weighted by Crippen LogP contribution is 2.01. The predicted octanol–water partition coefficient (Wildman–Crippen LogP) is 0.692. The van der Waals surface area contributed by atoms with E-state index in [1.807, 2.05) is 6.07 Å². The Bertz CT molecular complexity index is 324. The molecule has 1 fully saturated rings. The first-order chi connectivity index (χ1) is 7.84. The van der Waals surface area contributed by atoms with Gasteiger partial charge in [-0.05, 0) is 5.56 Å². The van der Waals surface area contributed by atoms with Crippen molar-refractivity contribution in [2.45, 2.75) is 0 Å². The van der Waals surface area contributed by atoms with Crippen LogP contribution in [-0.2, 0) is 0 Å². The van der Waals surface area contributed by atoms with Gasteiger partial charge in [-0.2, -0.15) is 7.05 Å². The summed E-state index contributed by atoms with van der Waals surface area (Å²) in [5, 5.41) is 0. The molecule has 1 N–H and O–H groups in total. The van der Waals surface area contributed by atoms with E-state index in [1.54, 1.807) is 0 Å². The molecule has 1 aromatic rings. The van der Waals surface area contributed by atoms with Gasteiger partial charge in [-0.15, -0.1) is 0 Å². The predicted molar refractivity (Wildman–Crippen MR) is 68.0 cm³/mol. The van der Waals surface area contributed by atoms with Crippen molar-refractivity contribution in [2.24, 2.45) is 0 Å². The van der Waals surface area contributed by atoms with Crippen molar-refractivity contribution in [3.05, 3.63) is 49.0 Å². The first kappa shape index (κ1) is 11.4. The summed E-state index contributed by atoms with van der Waals surface area (Å²) >= 11 is 0. The van der Waals surface area contributed by atoms with E-state index in [0.29, 0.717) is 0 Å². The Morgan fingerprint density at radius 1 is 1.19 bits per heavy atom. The maximum atomic E-state index is 4.03. The summed E-state index contributed by atoms with van der Waals surface area (Å²) in [7, 11) is 4.03. The quantitative estimate of drug-likeness (QED) is 0.731. The fourth-order valence-corrected chi connectivity index (χ4v) is 1.95. The molecule has 1 aliphatic heterocycles. The second-order valence-corrected chi connectivity index (χ2v) is 4.36. The summed E-state index contributed by atoms with van der Waals surface area (Å²) in [4.78, 5) is 3.89. The van der Waals surface area contributed by atoms with Gasteiger partial charge in [0.25, 0.3) is 0 Å². The van der Waals surface area contributed by atoms with Crippen LogP contribution in [0.25, 0.3) is 6.08 Å². The van der Waals surface area contributed by atoms with Crippen molar-refractivity contribution in [1.29, 1.82) is 0 Å². The number of hydrogen-bond acceptors (Lipinski definition) is 1. The lowest BCUT2D eigenvalue weighted by molar-refractivity contribution is -0.858. The van der Waals surface area contributed by atoms with E-state index in [1.165, 1.54) is 23.6 Å². The third-order valence-corrected chi connectivity index (χ3v) is 3.04. The largest absolute Gasteiger partial charge is 0.466 e. The Balaban J connectivity index is 1.77. The molecule has 2 rings (SSSR count). The SMILES string of the molecule is [CH2-][NH+]1CCN(C/C=C/c2ccccc2)CC1. The second-order valence-electron chi connectivity index (χ2n) is 4.36. The molecule has 0 aliphatic carbocycles. The van der Waals surface area contributed by atoms with Crippen molar-refractivity contribution in [2.75, 3.05) is 32.7 Å². The average molecular weight is 216 g/mol. The Kier molecular flexibility index (Phi) is 4.14.